The zero-order valence-electron chi connectivity index (χ0n) is 13.3. The van der Waals surface area contributed by atoms with Crippen LogP contribution in [0.1, 0.15) is 38.5 Å². The van der Waals surface area contributed by atoms with Crippen molar-refractivity contribution in [2.24, 2.45) is 5.73 Å². The number of anilines is 1. The first kappa shape index (κ1) is 15.3. The third-order valence-corrected chi connectivity index (χ3v) is 5.08. The number of hydrogen-bond acceptors (Lipinski definition) is 3. The first-order chi connectivity index (χ1) is 10.7. The summed E-state index contributed by atoms with van der Waals surface area (Å²) in [7, 11) is 0. The average Bonchev–Trinajstić information content (AvgIpc) is 2.82. The Hall–Kier alpha value is -1.55. The summed E-state index contributed by atoms with van der Waals surface area (Å²) in [6.45, 7) is 3.52. The topological polar surface area (TPSA) is 49.6 Å². The lowest BCUT2D eigenvalue weighted by Gasteiger charge is -2.36. The van der Waals surface area contributed by atoms with Crippen LogP contribution >= 0.6 is 0 Å². The van der Waals surface area contributed by atoms with E-state index >= 15 is 0 Å². The highest BCUT2D eigenvalue weighted by Crippen LogP contribution is 2.28. The summed E-state index contributed by atoms with van der Waals surface area (Å²) >= 11 is 0. The fourth-order valence-corrected chi connectivity index (χ4v) is 3.73. The van der Waals surface area contributed by atoms with E-state index in [4.69, 9.17) is 5.73 Å². The average molecular weight is 301 g/mol. The molecule has 1 saturated carbocycles. The van der Waals surface area contributed by atoms with Crippen LogP contribution in [0.2, 0.25) is 0 Å². The van der Waals surface area contributed by atoms with Gasteiger partial charge in [0.05, 0.1) is 5.54 Å². The highest BCUT2D eigenvalue weighted by Gasteiger charge is 2.38. The van der Waals surface area contributed by atoms with Crippen molar-refractivity contribution in [3.8, 4) is 0 Å². The molecule has 0 aromatic heterocycles. The molecule has 1 aliphatic heterocycles. The van der Waals surface area contributed by atoms with Crippen molar-refractivity contribution in [1.29, 1.82) is 0 Å². The Balaban J connectivity index is 1.64. The summed E-state index contributed by atoms with van der Waals surface area (Å²) in [6, 6.07) is 10.5. The molecule has 1 aromatic carbocycles. The SMILES string of the molecule is NC1(C(=O)N2CCCN(c3ccccc3)CC2)CCCCC1. The van der Waals surface area contributed by atoms with E-state index in [9.17, 15) is 4.79 Å². The van der Waals surface area contributed by atoms with Crippen LogP contribution in [0, 0.1) is 0 Å². The van der Waals surface area contributed by atoms with Crippen LogP contribution in [0.4, 0.5) is 5.69 Å². The molecule has 1 aliphatic carbocycles. The van der Waals surface area contributed by atoms with E-state index in [1.165, 1.54) is 12.1 Å². The first-order valence-electron chi connectivity index (χ1n) is 8.57. The zero-order chi connectivity index (χ0) is 15.4. The smallest absolute Gasteiger partial charge is 0.242 e. The van der Waals surface area contributed by atoms with Gasteiger partial charge in [-0.25, -0.2) is 0 Å². The van der Waals surface area contributed by atoms with E-state index in [2.05, 4.69) is 29.2 Å². The van der Waals surface area contributed by atoms with Crippen LogP contribution < -0.4 is 10.6 Å². The van der Waals surface area contributed by atoms with Crippen molar-refractivity contribution in [3.05, 3.63) is 30.3 Å². The van der Waals surface area contributed by atoms with Crippen molar-refractivity contribution in [3.63, 3.8) is 0 Å². The number of nitrogens with zero attached hydrogens (tertiary/aromatic N) is 2. The molecule has 3 rings (SSSR count). The molecule has 0 spiro atoms. The van der Waals surface area contributed by atoms with Gasteiger partial charge in [-0.1, -0.05) is 37.5 Å². The number of amides is 1. The molecule has 2 aliphatic rings. The number of nitrogens with two attached hydrogens (primary N) is 1. The molecule has 120 valence electrons. The van der Waals surface area contributed by atoms with Crippen molar-refractivity contribution >= 4 is 11.6 Å². The molecule has 2 N–H and O–H groups in total. The van der Waals surface area contributed by atoms with Crippen LogP contribution in [0.25, 0.3) is 0 Å². The number of rotatable bonds is 2. The van der Waals surface area contributed by atoms with Crippen LogP contribution in [-0.4, -0.2) is 42.5 Å². The van der Waals surface area contributed by atoms with Gasteiger partial charge in [0.25, 0.3) is 0 Å². The summed E-state index contributed by atoms with van der Waals surface area (Å²) in [5.41, 5.74) is 7.08. The number of hydrogen-bond donors (Lipinski definition) is 1. The second-order valence-corrected chi connectivity index (χ2v) is 6.69. The van der Waals surface area contributed by atoms with Crippen molar-refractivity contribution < 1.29 is 4.79 Å². The number of para-hydroxylation sites is 1. The van der Waals surface area contributed by atoms with E-state index in [0.29, 0.717) is 0 Å². The molecule has 1 amide bonds. The van der Waals surface area contributed by atoms with Crippen molar-refractivity contribution in [2.75, 3.05) is 31.1 Å². The van der Waals surface area contributed by atoms with Crippen LogP contribution in [0.15, 0.2) is 30.3 Å². The second-order valence-electron chi connectivity index (χ2n) is 6.69. The molecule has 4 heteroatoms. The minimum Gasteiger partial charge on any atom is -0.370 e. The van der Waals surface area contributed by atoms with Crippen LogP contribution in [0.3, 0.4) is 0 Å². The summed E-state index contributed by atoms with van der Waals surface area (Å²) in [6.07, 6.45) is 6.11. The number of carbonyl (C=O) groups is 1. The molecular weight excluding hydrogens is 274 g/mol. The molecule has 1 aromatic rings. The third kappa shape index (κ3) is 3.27. The molecule has 0 unspecified atom stereocenters. The van der Waals surface area contributed by atoms with E-state index < -0.39 is 5.54 Å². The summed E-state index contributed by atoms with van der Waals surface area (Å²) in [5, 5.41) is 0. The lowest BCUT2D eigenvalue weighted by atomic mass is 9.81. The fourth-order valence-electron chi connectivity index (χ4n) is 3.73. The van der Waals surface area contributed by atoms with Gasteiger partial charge in [-0.2, -0.15) is 0 Å². The Bertz CT molecular complexity index is 496. The third-order valence-electron chi connectivity index (χ3n) is 5.08. The molecule has 1 saturated heterocycles. The monoisotopic (exact) mass is 301 g/mol. The first-order valence-corrected chi connectivity index (χ1v) is 8.57. The summed E-state index contributed by atoms with van der Waals surface area (Å²) < 4.78 is 0. The number of benzene rings is 1. The maximum absolute atomic E-state index is 12.9. The Morgan fingerprint density at radius 3 is 2.36 bits per heavy atom. The predicted octanol–water partition coefficient (Wildman–Crippen LogP) is 2.39. The predicted molar refractivity (Wildman–Crippen MR) is 89.9 cm³/mol. The van der Waals surface area contributed by atoms with E-state index in [0.717, 1.165) is 58.3 Å². The van der Waals surface area contributed by atoms with Crippen LogP contribution in [0.5, 0.6) is 0 Å². The second kappa shape index (κ2) is 6.69. The van der Waals surface area contributed by atoms with Crippen molar-refractivity contribution in [1.82, 2.24) is 4.90 Å². The fraction of sp³-hybridized carbons (Fsp3) is 0.611. The van der Waals surface area contributed by atoms with Gasteiger partial charge in [0, 0.05) is 31.9 Å². The van der Waals surface area contributed by atoms with Gasteiger partial charge in [-0.05, 0) is 31.4 Å². The highest BCUT2D eigenvalue weighted by molar-refractivity contribution is 5.86. The number of carbonyl (C=O) groups excluding carboxylic acids is 1. The quantitative estimate of drug-likeness (QED) is 0.912. The van der Waals surface area contributed by atoms with Gasteiger partial charge in [0.2, 0.25) is 5.91 Å². The molecule has 1 heterocycles. The largest absolute Gasteiger partial charge is 0.370 e. The van der Waals surface area contributed by atoms with Gasteiger partial charge >= 0.3 is 0 Å². The molecule has 2 fully saturated rings. The lowest BCUT2D eigenvalue weighted by Crippen LogP contribution is -2.56. The van der Waals surface area contributed by atoms with E-state index in [1.54, 1.807) is 0 Å². The summed E-state index contributed by atoms with van der Waals surface area (Å²) in [5.74, 6) is 0.183. The maximum Gasteiger partial charge on any atom is 0.242 e. The Labute approximate surface area is 133 Å². The highest BCUT2D eigenvalue weighted by atomic mass is 16.2. The minimum absolute atomic E-state index is 0.183. The molecule has 0 radical (unpaired) electrons. The van der Waals surface area contributed by atoms with Gasteiger partial charge in [-0.3, -0.25) is 4.79 Å². The van der Waals surface area contributed by atoms with E-state index in [-0.39, 0.29) is 5.91 Å². The van der Waals surface area contributed by atoms with Gasteiger partial charge in [-0.15, -0.1) is 0 Å². The lowest BCUT2D eigenvalue weighted by molar-refractivity contribution is -0.138. The molecule has 4 nitrogen and oxygen atoms in total. The molecule has 0 bridgehead atoms. The zero-order valence-corrected chi connectivity index (χ0v) is 13.3. The Morgan fingerprint density at radius 1 is 0.909 bits per heavy atom. The maximum atomic E-state index is 12.9. The van der Waals surface area contributed by atoms with E-state index in [1.807, 2.05) is 11.0 Å². The normalized spacial score (nSPS) is 22.2. The van der Waals surface area contributed by atoms with Gasteiger partial charge in [0.1, 0.15) is 0 Å². The van der Waals surface area contributed by atoms with Gasteiger partial charge in [0.15, 0.2) is 0 Å². The standard InChI is InChI=1S/C18H27N3O/c19-18(10-5-2-6-11-18)17(22)21-13-7-12-20(14-15-21)16-8-3-1-4-9-16/h1,3-4,8-9H,2,5-7,10-15,19H2. The van der Waals surface area contributed by atoms with Crippen molar-refractivity contribution in [2.45, 2.75) is 44.1 Å². The molecule has 22 heavy (non-hydrogen) atoms. The van der Waals surface area contributed by atoms with Crippen LogP contribution in [-0.2, 0) is 4.79 Å². The summed E-state index contributed by atoms with van der Waals surface area (Å²) in [4.78, 5) is 17.2. The molecule has 0 atom stereocenters. The minimum atomic E-state index is -0.597. The molecular formula is C18H27N3O. The van der Waals surface area contributed by atoms with Gasteiger partial charge < -0.3 is 15.5 Å². The Morgan fingerprint density at radius 2 is 1.64 bits per heavy atom. The Kier molecular flexibility index (Phi) is 4.67.